The topological polar surface area (TPSA) is 76.1 Å². The second-order valence-electron chi connectivity index (χ2n) is 9.80. The van der Waals surface area contributed by atoms with E-state index >= 15 is 0 Å². The van der Waals surface area contributed by atoms with E-state index in [1.807, 2.05) is 56.3 Å². The number of hydrogen-bond donors (Lipinski definition) is 1. The van der Waals surface area contributed by atoms with Crippen LogP contribution in [0.5, 0.6) is 11.5 Å². The van der Waals surface area contributed by atoms with Crippen molar-refractivity contribution in [2.75, 3.05) is 12.0 Å². The Morgan fingerprint density at radius 1 is 0.919 bits per heavy atom. The van der Waals surface area contributed by atoms with E-state index in [0.717, 1.165) is 25.7 Å². The number of hydrogen-bond acceptors (Lipinski definition) is 5. The number of anilines is 1. The summed E-state index contributed by atoms with van der Waals surface area (Å²) in [7, 11) is 1.55. The number of ether oxygens (including phenoxy) is 2. The van der Waals surface area contributed by atoms with Crippen LogP contribution in [0.4, 0.5) is 5.69 Å². The van der Waals surface area contributed by atoms with Gasteiger partial charge in [-0.05, 0) is 86.6 Å². The molecule has 6 nitrogen and oxygen atoms in total. The Kier molecular flexibility index (Phi) is 6.74. The van der Waals surface area contributed by atoms with Gasteiger partial charge in [0, 0.05) is 17.3 Å². The molecular formula is C31H31NO5. The molecule has 2 aliphatic rings. The Morgan fingerprint density at radius 2 is 1.65 bits per heavy atom. The Hall–Kier alpha value is -4.06. The van der Waals surface area contributed by atoms with Crippen LogP contribution in [0.1, 0.15) is 55.0 Å². The number of carbonyl (C=O) groups excluding carboxylic acids is 2. The van der Waals surface area contributed by atoms with Crippen LogP contribution in [0.3, 0.4) is 0 Å². The zero-order chi connectivity index (χ0) is 26.1. The zero-order valence-corrected chi connectivity index (χ0v) is 21.4. The molecule has 1 amide bonds. The van der Waals surface area contributed by atoms with Gasteiger partial charge in [0.05, 0.1) is 24.8 Å². The molecule has 1 unspecified atom stereocenters. The average molecular weight is 498 g/mol. The summed E-state index contributed by atoms with van der Waals surface area (Å²) in [5, 5.41) is 11.5. The molecule has 0 spiro atoms. The molecule has 37 heavy (non-hydrogen) atoms. The first-order valence-corrected chi connectivity index (χ1v) is 12.7. The van der Waals surface area contributed by atoms with Crippen LogP contribution in [0.2, 0.25) is 0 Å². The van der Waals surface area contributed by atoms with Gasteiger partial charge in [0.15, 0.2) is 0 Å². The number of methoxy groups -OCH3 is 1. The highest BCUT2D eigenvalue weighted by atomic mass is 16.5. The number of rotatable bonds is 6. The molecule has 1 heterocycles. The van der Waals surface area contributed by atoms with Gasteiger partial charge in [-0.2, -0.15) is 0 Å². The molecule has 1 aliphatic carbocycles. The smallest absolute Gasteiger partial charge is 0.300 e. The summed E-state index contributed by atoms with van der Waals surface area (Å²) in [4.78, 5) is 28.4. The standard InChI is InChI=1S/C31H31NO5/c1-19(2)37-26-13-6-10-22(17-26)28-27(29(33)23-15-14-20-8-4-5-9-21(20)16-23)30(34)31(35)32(28)24-11-7-12-25(18-24)36-3/h6-7,10-19,28,33H,4-5,8-9H2,1-3H3/b29-27-. The van der Waals surface area contributed by atoms with E-state index in [9.17, 15) is 14.7 Å². The van der Waals surface area contributed by atoms with Crippen molar-refractivity contribution in [1.29, 1.82) is 0 Å². The summed E-state index contributed by atoms with van der Waals surface area (Å²) in [5.41, 5.74) is 4.23. The number of benzene rings is 3. The second kappa shape index (κ2) is 10.1. The third kappa shape index (κ3) is 4.71. The number of carbonyl (C=O) groups is 2. The maximum Gasteiger partial charge on any atom is 0.300 e. The number of aliphatic hydroxyl groups is 1. The lowest BCUT2D eigenvalue weighted by molar-refractivity contribution is -0.132. The fraction of sp³-hybridized carbons (Fsp3) is 0.290. The van der Waals surface area contributed by atoms with Gasteiger partial charge in [0.2, 0.25) is 0 Å². The fourth-order valence-electron chi connectivity index (χ4n) is 5.24. The molecule has 0 saturated carbocycles. The molecular weight excluding hydrogens is 466 g/mol. The van der Waals surface area contributed by atoms with Crippen molar-refractivity contribution in [3.63, 3.8) is 0 Å². The van der Waals surface area contributed by atoms with Crippen molar-refractivity contribution < 1.29 is 24.2 Å². The van der Waals surface area contributed by atoms with Gasteiger partial charge in [0.1, 0.15) is 17.3 Å². The van der Waals surface area contributed by atoms with Crippen LogP contribution in [-0.4, -0.2) is 30.0 Å². The van der Waals surface area contributed by atoms with E-state index in [2.05, 4.69) is 0 Å². The third-order valence-electron chi connectivity index (χ3n) is 6.94. The van der Waals surface area contributed by atoms with E-state index in [1.165, 1.54) is 16.0 Å². The maximum atomic E-state index is 13.5. The molecule has 0 bridgehead atoms. The molecule has 1 N–H and O–H groups in total. The van der Waals surface area contributed by atoms with Crippen molar-refractivity contribution in [3.8, 4) is 11.5 Å². The summed E-state index contributed by atoms with van der Waals surface area (Å²) in [5.74, 6) is -0.411. The number of aliphatic hydroxyl groups excluding tert-OH is 1. The summed E-state index contributed by atoms with van der Waals surface area (Å²) in [6.07, 6.45) is 4.15. The molecule has 0 aromatic heterocycles. The SMILES string of the molecule is COc1cccc(N2C(=O)C(=O)/C(=C(\O)c3ccc4c(c3)CCCC4)C2c2cccc(OC(C)C)c2)c1. The lowest BCUT2D eigenvalue weighted by Gasteiger charge is -2.26. The van der Waals surface area contributed by atoms with Gasteiger partial charge in [-0.25, -0.2) is 0 Å². The molecule has 1 atom stereocenters. The molecule has 190 valence electrons. The number of Topliss-reactive ketones (excluding diaryl/α,β-unsaturated/α-hetero) is 1. The lowest BCUT2D eigenvalue weighted by Crippen LogP contribution is -2.29. The third-order valence-corrected chi connectivity index (χ3v) is 6.94. The van der Waals surface area contributed by atoms with E-state index in [4.69, 9.17) is 9.47 Å². The van der Waals surface area contributed by atoms with E-state index in [-0.39, 0.29) is 17.4 Å². The van der Waals surface area contributed by atoms with Crippen LogP contribution in [0, 0.1) is 0 Å². The Morgan fingerprint density at radius 3 is 2.41 bits per heavy atom. The second-order valence-corrected chi connectivity index (χ2v) is 9.80. The Bertz CT molecular complexity index is 1390. The van der Waals surface area contributed by atoms with Crippen LogP contribution in [0.25, 0.3) is 5.76 Å². The summed E-state index contributed by atoms with van der Waals surface area (Å²) >= 11 is 0. The highest BCUT2D eigenvalue weighted by molar-refractivity contribution is 6.51. The molecule has 1 saturated heterocycles. The minimum Gasteiger partial charge on any atom is -0.507 e. The molecule has 3 aromatic rings. The monoisotopic (exact) mass is 497 g/mol. The van der Waals surface area contributed by atoms with Crippen LogP contribution in [0.15, 0.2) is 72.3 Å². The van der Waals surface area contributed by atoms with E-state index in [0.29, 0.717) is 28.3 Å². The minimum atomic E-state index is -0.834. The quantitative estimate of drug-likeness (QED) is 0.257. The van der Waals surface area contributed by atoms with Crippen LogP contribution < -0.4 is 14.4 Å². The normalized spacial score (nSPS) is 18.7. The molecule has 5 rings (SSSR count). The van der Waals surface area contributed by atoms with Gasteiger partial charge in [-0.1, -0.05) is 30.3 Å². The first kappa shape index (κ1) is 24.6. The zero-order valence-electron chi connectivity index (χ0n) is 21.4. The largest absolute Gasteiger partial charge is 0.507 e. The predicted molar refractivity (Wildman–Crippen MR) is 143 cm³/mol. The number of ketones is 1. The number of aryl methyl sites for hydroxylation is 2. The Labute approximate surface area is 217 Å². The molecule has 6 heteroatoms. The minimum absolute atomic E-state index is 0.0458. The van der Waals surface area contributed by atoms with Crippen molar-refractivity contribution >= 4 is 23.1 Å². The van der Waals surface area contributed by atoms with Crippen molar-refractivity contribution in [3.05, 3.63) is 94.6 Å². The van der Waals surface area contributed by atoms with Crippen molar-refractivity contribution in [2.45, 2.75) is 51.7 Å². The van der Waals surface area contributed by atoms with Gasteiger partial charge >= 0.3 is 0 Å². The first-order valence-electron chi connectivity index (χ1n) is 12.7. The number of fused-ring (bicyclic) bond motifs is 1. The molecule has 0 radical (unpaired) electrons. The maximum absolute atomic E-state index is 13.5. The predicted octanol–water partition coefficient (Wildman–Crippen LogP) is 5.99. The molecule has 3 aromatic carbocycles. The molecule has 1 fully saturated rings. The van der Waals surface area contributed by atoms with Gasteiger partial charge in [0.25, 0.3) is 11.7 Å². The highest BCUT2D eigenvalue weighted by Gasteiger charge is 2.47. The highest BCUT2D eigenvalue weighted by Crippen LogP contribution is 2.43. The van der Waals surface area contributed by atoms with Crippen molar-refractivity contribution in [1.82, 2.24) is 0 Å². The fourth-order valence-corrected chi connectivity index (χ4v) is 5.24. The van der Waals surface area contributed by atoms with Crippen molar-refractivity contribution in [2.24, 2.45) is 0 Å². The number of nitrogens with zero attached hydrogens (tertiary/aromatic N) is 1. The molecule has 1 aliphatic heterocycles. The van der Waals surface area contributed by atoms with E-state index in [1.54, 1.807) is 31.4 Å². The van der Waals surface area contributed by atoms with Crippen LogP contribution in [-0.2, 0) is 22.4 Å². The Balaban J connectivity index is 1.69. The van der Waals surface area contributed by atoms with Crippen LogP contribution >= 0.6 is 0 Å². The number of amides is 1. The van der Waals surface area contributed by atoms with Gasteiger partial charge in [-0.3, -0.25) is 14.5 Å². The summed E-state index contributed by atoms with van der Waals surface area (Å²) in [6, 6.07) is 19.3. The van der Waals surface area contributed by atoms with Gasteiger partial charge < -0.3 is 14.6 Å². The summed E-state index contributed by atoms with van der Waals surface area (Å²) in [6.45, 7) is 3.87. The summed E-state index contributed by atoms with van der Waals surface area (Å²) < 4.78 is 11.3. The first-order chi connectivity index (χ1) is 17.9. The van der Waals surface area contributed by atoms with Gasteiger partial charge in [-0.15, -0.1) is 0 Å². The lowest BCUT2D eigenvalue weighted by atomic mass is 9.88. The average Bonchev–Trinajstić information content (AvgIpc) is 3.18. The van der Waals surface area contributed by atoms with E-state index < -0.39 is 17.7 Å².